The molecule has 0 aromatic carbocycles. The molecule has 2 heterocycles. The Morgan fingerprint density at radius 1 is 1.19 bits per heavy atom. The Morgan fingerprint density at radius 2 is 2.00 bits per heavy atom. The summed E-state index contributed by atoms with van der Waals surface area (Å²) in [5.74, 6) is 0.498. The summed E-state index contributed by atoms with van der Waals surface area (Å²) in [7, 11) is 0. The molecular weight excluding hydrogens is 226 g/mol. The Morgan fingerprint density at radius 3 is 2.75 bits per heavy atom. The summed E-state index contributed by atoms with van der Waals surface area (Å²) < 4.78 is 0. The van der Waals surface area contributed by atoms with Gasteiger partial charge in [0.2, 0.25) is 0 Å². The zero-order valence-corrected chi connectivity index (χ0v) is 8.96. The highest BCUT2D eigenvalue weighted by Crippen LogP contribution is 2.06. The molecule has 0 saturated carbocycles. The van der Waals surface area contributed by atoms with Crippen molar-refractivity contribution in [3.63, 3.8) is 0 Å². The number of nitrogens with one attached hydrogen (secondary N) is 1. The van der Waals surface area contributed by atoms with Crippen molar-refractivity contribution >= 4 is 23.6 Å². The molecule has 0 fully saturated rings. The van der Waals surface area contributed by atoms with Gasteiger partial charge >= 0.3 is 0 Å². The second-order valence-corrected chi connectivity index (χ2v) is 3.26. The highest BCUT2D eigenvalue weighted by Gasteiger charge is 1.93. The van der Waals surface area contributed by atoms with Crippen LogP contribution in [-0.2, 0) is 0 Å². The molecule has 0 aliphatic rings. The molecule has 2 rings (SSSR count). The Hall–Kier alpha value is -2.01. The topological polar surface area (TPSA) is 63.1 Å². The molecule has 0 aliphatic heterocycles. The minimum Gasteiger partial charge on any atom is -0.265 e. The fourth-order valence-electron chi connectivity index (χ4n) is 1.02. The maximum atomic E-state index is 5.67. The van der Waals surface area contributed by atoms with Gasteiger partial charge in [-0.1, -0.05) is 11.6 Å². The fourth-order valence-corrected chi connectivity index (χ4v) is 1.17. The maximum Gasteiger partial charge on any atom is 0.166 e. The van der Waals surface area contributed by atoms with E-state index in [1.165, 1.54) is 12.4 Å². The number of rotatable bonds is 3. The average molecular weight is 234 g/mol. The number of hydrogen-bond acceptors (Lipinski definition) is 5. The Kier molecular flexibility index (Phi) is 3.40. The minimum atomic E-state index is 0.323. The van der Waals surface area contributed by atoms with Crippen LogP contribution in [-0.4, -0.2) is 21.2 Å². The standard InChI is InChI=1S/C10H8ClN5/c11-9-6-13-7-10(15-9)16-14-5-8-1-3-12-4-2-8/h1-7H,(H,15,16)/b14-5+. The molecule has 0 spiro atoms. The van der Waals surface area contributed by atoms with E-state index in [-0.39, 0.29) is 0 Å². The van der Waals surface area contributed by atoms with E-state index >= 15 is 0 Å². The molecule has 16 heavy (non-hydrogen) atoms. The summed E-state index contributed by atoms with van der Waals surface area (Å²) in [5, 5.41) is 4.31. The number of hydrogen-bond donors (Lipinski definition) is 1. The zero-order chi connectivity index (χ0) is 11.2. The van der Waals surface area contributed by atoms with Crippen LogP contribution in [0.1, 0.15) is 5.56 Å². The Balaban J connectivity index is 2.00. The first-order valence-electron chi connectivity index (χ1n) is 4.51. The van der Waals surface area contributed by atoms with E-state index in [1.54, 1.807) is 18.6 Å². The van der Waals surface area contributed by atoms with E-state index in [2.05, 4.69) is 25.5 Å². The summed E-state index contributed by atoms with van der Waals surface area (Å²) in [5.41, 5.74) is 3.67. The lowest BCUT2D eigenvalue weighted by molar-refractivity contribution is 1.16. The molecule has 6 heteroatoms. The largest absolute Gasteiger partial charge is 0.265 e. The average Bonchev–Trinajstić information content (AvgIpc) is 2.30. The molecule has 2 aromatic rings. The second-order valence-electron chi connectivity index (χ2n) is 2.88. The third-order valence-electron chi connectivity index (χ3n) is 1.70. The van der Waals surface area contributed by atoms with Crippen LogP contribution in [0.5, 0.6) is 0 Å². The van der Waals surface area contributed by atoms with Gasteiger partial charge < -0.3 is 0 Å². The summed E-state index contributed by atoms with van der Waals surface area (Å²) >= 11 is 5.67. The molecule has 1 N–H and O–H groups in total. The summed E-state index contributed by atoms with van der Waals surface area (Å²) in [6.07, 6.45) is 8.04. The number of halogens is 1. The molecule has 0 unspecified atom stereocenters. The summed E-state index contributed by atoms with van der Waals surface area (Å²) in [4.78, 5) is 11.7. The molecule has 0 bridgehead atoms. The van der Waals surface area contributed by atoms with Crippen LogP contribution in [0.2, 0.25) is 5.15 Å². The van der Waals surface area contributed by atoms with Gasteiger partial charge in [0.15, 0.2) is 5.82 Å². The summed E-state index contributed by atoms with van der Waals surface area (Å²) in [6.45, 7) is 0. The lowest BCUT2D eigenvalue weighted by Gasteiger charge is -1.97. The van der Waals surface area contributed by atoms with Gasteiger partial charge in [-0.15, -0.1) is 0 Å². The van der Waals surface area contributed by atoms with Crippen molar-refractivity contribution in [2.45, 2.75) is 0 Å². The van der Waals surface area contributed by atoms with Crippen molar-refractivity contribution in [1.82, 2.24) is 15.0 Å². The van der Waals surface area contributed by atoms with Gasteiger partial charge in [0, 0.05) is 12.4 Å². The highest BCUT2D eigenvalue weighted by molar-refractivity contribution is 6.29. The maximum absolute atomic E-state index is 5.67. The van der Waals surface area contributed by atoms with E-state index in [4.69, 9.17) is 11.6 Å². The first-order valence-corrected chi connectivity index (χ1v) is 4.89. The third kappa shape index (κ3) is 2.99. The van der Waals surface area contributed by atoms with Crippen LogP contribution in [0, 0.1) is 0 Å². The van der Waals surface area contributed by atoms with Gasteiger partial charge in [-0.05, 0) is 17.7 Å². The van der Waals surface area contributed by atoms with E-state index in [9.17, 15) is 0 Å². The molecule has 0 aliphatic carbocycles. The third-order valence-corrected chi connectivity index (χ3v) is 1.89. The van der Waals surface area contributed by atoms with Crippen LogP contribution in [0.3, 0.4) is 0 Å². The van der Waals surface area contributed by atoms with Crippen molar-refractivity contribution in [3.8, 4) is 0 Å². The Labute approximate surface area is 97.2 Å². The molecule has 80 valence electrons. The normalized spacial score (nSPS) is 10.6. The zero-order valence-electron chi connectivity index (χ0n) is 8.21. The lowest BCUT2D eigenvalue weighted by Crippen LogP contribution is -1.94. The molecule has 2 aromatic heterocycles. The lowest BCUT2D eigenvalue weighted by atomic mass is 10.3. The van der Waals surface area contributed by atoms with E-state index in [1.807, 2.05) is 12.1 Å². The van der Waals surface area contributed by atoms with Crippen LogP contribution >= 0.6 is 11.6 Å². The predicted octanol–water partition coefficient (Wildman–Crippen LogP) is 1.97. The number of anilines is 1. The number of nitrogens with zero attached hydrogens (tertiary/aromatic N) is 4. The van der Waals surface area contributed by atoms with Gasteiger partial charge in [0.25, 0.3) is 0 Å². The SMILES string of the molecule is Clc1cncc(N/N=C/c2ccncc2)n1. The molecule has 0 radical (unpaired) electrons. The van der Waals surface area contributed by atoms with E-state index in [0.717, 1.165) is 5.56 Å². The van der Waals surface area contributed by atoms with Crippen LogP contribution in [0.4, 0.5) is 5.82 Å². The van der Waals surface area contributed by atoms with Crippen molar-refractivity contribution in [3.05, 3.63) is 47.6 Å². The summed E-state index contributed by atoms with van der Waals surface area (Å²) in [6, 6.07) is 3.68. The van der Waals surface area contributed by atoms with Crippen molar-refractivity contribution < 1.29 is 0 Å². The fraction of sp³-hybridized carbons (Fsp3) is 0. The predicted molar refractivity (Wildman–Crippen MR) is 62.5 cm³/mol. The first kappa shape index (κ1) is 10.5. The first-order chi connectivity index (χ1) is 7.84. The van der Waals surface area contributed by atoms with E-state index < -0.39 is 0 Å². The number of hydrazone groups is 1. The molecule has 0 amide bonds. The van der Waals surface area contributed by atoms with Gasteiger partial charge in [0.05, 0.1) is 18.6 Å². The Bertz CT molecular complexity index is 486. The smallest absolute Gasteiger partial charge is 0.166 e. The molecular formula is C10H8ClN5. The molecule has 5 nitrogen and oxygen atoms in total. The van der Waals surface area contributed by atoms with Crippen LogP contribution in [0.15, 0.2) is 42.0 Å². The number of pyridine rings is 1. The quantitative estimate of drug-likeness (QED) is 0.650. The van der Waals surface area contributed by atoms with Crippen molar-refractivity contribution in [2.24, 2.45) is 5.10 Å². The minimum absolute atomic E-state index is 0.323. The number of aromatic nitrogens is 3. The van der Waals surface area contributed by atoms with Gasteiger partial charge in [-0.3, -0.25) is 15.4 Å². The van der Waals surface area contributed by atoms with Crippen LogP contribution < -0.4 is 5.43 Å². The molecule has 0 atom stereocenters. The monoisotopic (exact) mass is 233 g/mol. The van der Waals surface area contributed by atoms with Gasteiger partial charge in [-0.25, -0.2) is 4.98 Å². The van der Waals surface area contributed by atoms with Crippen LogP contribution in [0.25, 0.3) is 0 Å². The second kappa shape index (κ2) is 5.18. The van der Waals surface area contributed by atoms with E-state index in [0.29, 0.717) is 11.0 Å². The van der Waals surface area contributed by atoms with Gasteiger partial charge in [-0.2, -0.15) is 5.10 Å². The van der Waals surface area contributed by atoms with Gasteiger partial charge in [0.1, 0.15) is 5.15 Å². The van der Waals surface area contributed by atoms with Crippen molar-refractivity contribution in [2.75, 3.05) is 5.43 Å². The molecule has 0 saturated heterocycles. The highest BCUT2D eigenvalue weighted by atomic mass is 35.5. The van der Waals surface area contributed by atoms with Crippen molar-refractivity contribution in [1.29, 1.82) is 0 Å².